The molecule has 1 fully saturated rings. The fraction of sp³-hybridized carbons (Fsp3) is 0.785. The van der Waals surface area contributed by atoms with E-state index in [0.717, 1.165) is 116 Å². The molecule has 1 saturated heterocycles. The van der Waals surface area contributed by atoms with Gasteiger partial charge in [-0.3, -0.25) is 14.4 Å². The summed E-state index contributed by atoms with van der Waals surface area (Å²) in [6.07, 6.45) is 53.3. The monoisotopic (exact) mass is 1080 g/mol. The Hall–Kier alpha value is -3.58. The average molecular weight is 1090 g/mol. The number of aliphatic hydroxyl groups excluding tert-OH is 2. The van der Waals surface area contributed by atoms with Crippen molar-refractivity contribution >= 4 is 23.9 Å². The van der Waals surface area contributed by atoms with Crippen molar-refractivity contribution in [3.8, 4) is 0 Å². The lowest BCUT2D eigenvalue weighted by molar-refractivity contribution is -0.301. The van der Waals surface area contributed by atoms with Gasteiger partial charge >= 0.3 is 23.9 Å². The van der Waals surface area contributed by atoms with E-state index in [9.17, 15) is 34.5 Å². The number of esters is 3. The number of aliphatic carboxylic acids is 1. The van der Waals surface area contributed by atoms with Crippen molar-refractivity contribution in [1.29, 1.82) is 0 Å². The van der Waals surface area contributed by atoms with Gasteiger partial charge in [0.2, 0.25) is 0 Å². The summed E-state index contributed by atoms with van der Waals surface area (Å²) < 4.78 is 28.4. The van der Waals surface area contributed by atoms with Crippen LogP contribution in [0.1, 0.15) is 278 Å². The summed E-state index contributed by atoms with van der Waals surface area (Å²) in [5, 5.41) is 31.5. The van der Waals surface area contributed by atoms with Crippen molar-refractivity contribution in [2.24, 2.45) is 0 Å². The van der Waals surface area contributed by atoms with Crippen LogP contribution in [-0.4, -0.2) is 89.2 Å². The molecular weight excluding hydrogens is 973 g/mol. The van der Waals surface area contributed by atoms with E-state index in [-0.39, 0.29) is 25.9 Å². The molecule has 444 valence electrons. The van der Waals surface area contributed by atoms with Gasteiger partial charge in [0, 0.05) is 19.3 Å². The molecule has 0 aromatic rings. The Bertz CT molecular complexity index is 1570. The Morgan fingerprint density at radius 1 is 0.442 bits per heavy atom. The van der Waals surface area contributed by atoms with Gasteiger partial charge in [0.15, 0.2) is 24.6 Å². The van der Waals surface area contributed by atoms with Crippen LogP contribution in [0.25, 0.3) is 0 Å². The van der Waals surface area contributed by atoms with Gasteiger partial charge in [-0.25, -0.2) is 4.79 Å². The number of hydrogen-bond acceptors (Lipinski definition) is 11. The molecular formula is C65H112O12. The first-order valence-electron chi connectivity index (χ1n) is 31.3. The van der Waals surface area contributed by atoms with Gasteiger partial charge in [-0.1, -0.05) is 236 Å². The maximum Gasteiger partial charge on any atom is 0.335 e. The van der Waals surface area contributed by atoms with E-state index < -0.39 is 67.3 Å². The maximum absolute atomic E-state index is 13.1. The predicted octanol–water partition coefficient (Wildman–Crippen LogP) is 16.3. The quantitative estimate of drug-likeness (QED) is 0.0228. The number of carbonyl (C=O) groups excluding carboxylic acids is 3. The van der Waals surface area contributed by atoms with E-state index in [0.29, 0.717) is 19.3 Å². The summed E-state index contributed by atoms with van der Waals surface area (Å²) in [6, 6.07) is 0. The minimum absolute atomic E-state index is 0.0483. The summed E-state index contributed by atoms with van der Waals surface area (Å²) >= 11 is 0. The molecule has 0 radical (unpaired) electrons. The molecule has 12 heteroatoms. The van der Waals surface area contributed by atoms with Gasteiger partial charge in [0.25, 0.3) is 0 Å². The van der Waals surface area contributed by atoms with Crippen molar-refractivity contribution in [3.63, 3.8) is 0 Å². The molecule has 77 heavy (non-hydrogen) atoms. The minimum atomic E-state index is -1.91. The Morgan fingerprint density at radius 2 is 0.818 bits per heavy atom. The molecule has 1 heterocycles. The number of aliphatic hydroxyl groups is 2. The van der Waals surface area contributed by atoms with E-state index >= 15 is 0 Å². The Balaban J connectivity index is 2.67. The van der Waals surface area contributed by atoms with E-state index in [1.807, 2.05) is 0 Å². The van der Waals surface area contributed by atoms with Gasteiger partial charge < -0.3 is 39.0 Å². The van der Waals surface area contributed by atoms with Crippen LogP contribution in [0.15, 0.2) is 60.8 Å². The molecule has 6 unspecified atom stereocenters. The summed E-state index contributed by atoms with van der Waals surface area (Å²) in [4.78, 5) is 51.2. The van der Waals surface area contributed by atoms with E-state index in [1.165, 1.54) is 103 Å². The van der Waals surface area contributed by atoms with Crippen LogP contribution in [0.2, 0.25) is 0 Å². The number of ether oxygens (including phenoxy) is 5. The molecule has 0 amide bonds. The second-order valence-corrected chi connectivity index (χ2v) is 21.3. The van der Waals surface area contributed by atoms with Crippen molar-refractivity contribution in [3.05, 3.63) is 60.8 Å². The van der Waals surface area contributed by atoms with Crippen LogP contribution in [0.3, 0.4) is 0 Å². The molecule has 0 aromatic heterocycles. The van der Waals surface area contributed by atoms with Crippen molar-refractivity contribution in [2.75, 3.05) is 13.2 Å². The maximum atomic E-state index is 13.1. The number of carboxylic acid groups (broad SMARTS) is 1. The normalized spacial score (nSPS) is 18.4. The lowest BCUT2D eigenvalue weighted by Gasteiger charge is -2.40. The van der Waals surface area contributed by atoms with Crippen LogP contribution >= 0.6 is 0 Å². The highest BCUT2D eigenvalue weighted by atomic mass is 16.7. The third-order valence-corrected chi connectivity index (χ3v) is 14.1. The van der Waals surface area contributed by atoms with Crippen molar-refractivity contribution in [2.45, 2.75) is 314 Å². The lowest BCUT2D eigenvalue weighted by atomic mass is 9.98. The van der Waals surface area contributed by atoms with E-state index in [1.54, 1.807) is 0 Å². The Kier molecular flexibility index (Phi) is 49.2. The van der Waals surface area contributed by atoms with Crippen LogP contribution in [0, 0.1) is 0 Å². The molecule has 1 rings (SSSR count). The van der Waals surface area contributed by atoms with E-state index in [4.69, 9.17) is 23.7 Å². The first kappa shape index (κ1) is 71.4. The summed E-state index contributed by atoms with van der Waals surface area (Å²) in [6.45, 7) is 5.85. The van der Waals surface area contributed by atoms with Crippen molar-refractivity contribution in [1.82, 2.24) is 0 Å². The highest BCUT2D eigenvalue weighted by Crippen LogP contribution is 2.27. The van der Waals surface area contributed by atoms with Gasteiger partial charge in [-0.15, -0.1) is 0 Å². The topological polar surface area (TPSA) is 175 Å². The third kappa shape index (κ3) is 43.0. The van der Waals surface area contributed by atoms with Crippen LogP contribution in [-0.2, 0) is 42.9 Å². The fourth-order valence-electron chi connectivity index (χ4n) is 9.30. The molecule has 1 aliphatic rings. The average Bonchev–Trinajstić information content (AvgIpc) is 3.42. The molecule has 1 aliphatic heterocycles. The van der Waals surface area contributed by atoms with Crippen molar-refractivity contribution < 1.29 is 58.2 Å². The first-order chi connectivity index (χ1) is 37.6. The van der Waals surface area contributed by atoms with Crippen LogP contribution < -0.4 is 0 Å². The van der Waals surface area contributed by atoms with Gasteiger partial charge in [0.1, 0.15) is 18.8 Å². The number of carbonyl (C=O) groups is 4. The molecule has 0 bridgehead atoms. The molecule has 6 atom stereocenters. The standard InChI is InChI=1S/C65H112O12/c1-4-7-10-13-16-19-22-25-27-29-31-34-36-39-42-45-48-51-57(66)73-54-56(75-58(67)52-49-46-43-40-37-33-24-21-18-15-12-9-6-3)55-74-65-63(61(70)60(69)62(77-65)64(71)72)76-59(68)53-50-47-44-41-38-35-32-30-28-26-23-20-17-14-11-8-5-2/h9,12,17-18,20-21,26,28,33,37,56,60-63,65,69-70H,4-8,10-11,13-16,19,22-25,27,29-32,34-36,38-55H2,1-3H3,(H,71,72)/b12-9-,20-17-,21-18-,28-26-,37-33-. The summed E-state index contributed by atoms with van der Waals surface area (Å²) in [5.41, 5.74) is 0. The smallest absolute Gasteiger partial charge is 0.335 e. The largest absolute Gasteiger partial charge is 0.479 e. The Labute approximate surface area is 468 Å². The minimum Gasteiger partial charge on any atom is -0.479 e. The molecule has 0 aliphatic carbocycles. The SMILES string of the molecule is CC/C=C\C/C=C\C/C=C\CCCCCC(=O)OC(COC(=O)CCCCCCCCCCCCCCCCCCC)COC1OC(C(=O)O)C(O)C(O)C1OC(=O)CCCCCCCCC/C=C\C/C=C\CCCCC. The summed E-state index contributed by atoms with van der Waals surface area (Å²) in [5.74, 6) is -3.15. The van der Waals surface area contributed by atoms with Gasteiger partial charge in [-0.05, 0) is 83.5 Å². The number of hydrogen-bond donors (Lipinski definition) is 3. The highest BCUT2D eigenvalue weighted by Gasteiger charge is 2.50. The number of allylic oxidation sites excluding steroid dienone is 10. The molecule has 0 saturated carbocycles. The number of carboxylic acids is 1. The predicted molar refractivity (Wildman–Crippen MR) is 312 cm³/mol. The van der Waals surface area contributed by atoms with Crippen LogP contribution in [0.4, 0.5) is 0 Å². The zero-order chi connectivity index (χ0) is 56.1. The number of unbranched alkanes of at least 4 members (excludes halogenated alkanes) is 29. The second kappa shape index (κ2) is 53.1. The zero-order valence-electron chi connectivity index (χ0n) is 49.0. The highest BCUT2D eigenvalue weighted by molar-refractivity contribution is 5.74. The molecule has 3 N–H and O–H groups in total. The molecule has 0 aromatic carbocycles. The van der Waals surface area contributed by atoms with Gasteiger partial charge in [-0.2, -0.15) is 0 Å². The Morgan fingerprint density at radius 3 is 1.29 bits per heavy atom. The van der Waals surface area contributed by atoms with Crippen LogP contribution in [0.5, 0.6) is 0 Å². The second-order valence-electron chi connectivity index (χ2n) is 21.3. The zero-order valence-corrected chi connectivity index (χ0v) is 49.0. The lowest BCUT2D eigenvalue weighted by Crippen LogP contribution is -2.61. The number of rotatable bonds is 53. The van der Waals surface area contributed by atoms with Gasteiger partial charge in [0.05, 0.1) is 6.61 Å². The third-order valence-electron chi connectivity index (χ3n) is 14.1. The first-order valence-corrected chi connectivity index (χ1v) is 31.3. The van der Waals surface area contributed by atoms with E-state index in [2.05, 4.69) is 81.5 Å². The molecule has 12 nitrogen and oxygen atoms in total. The summed E-state index contributed by atoms with van der Waals surface area (Å²) in [7, 11) is 0. The fourth-order valence-corrected chi connectivity index (χ4v) is 9.30. The molecule has 0 spiro atoms.